The summed E-state index contributed by atoms with van der Waals surface area (Å²) >= 11 is 0. The molecule has 0 radical (unpaired) electrons. The number of carboxylic acid groups (broad SMARTS) is 1. The average molecular weight is 267 g/mol. The molecule has 1 aliphatic rings. The minimum absolute atomic E-state index is 0.0326. The van der Waals surface area contributed by atoms with E-state index in [2.05, 4.69) is 6.58 Å². The van der Waals surface area contributed by atoms with Crippen molar-refractivity contribution in [3.63, 3.8) is 0 Å². The van der Waals surface area contributed by atoms with Crippen molar-refractivity contribution in [1.82, 2.24) is 4.90 Å². The van der Waals surface area contributed by atoms with Crippen molar-refractivity contribution < 1.29 is 14.7 Å². The molecule has 0 atom stereocenters. The van der Waals surface area contributed by atoms with Crippen LogP contribution in [-0.2, 0) is 9.59 Å². The summed E-state index contributed by atoms with van der Waals surface area (Å²) in [5, 5.41) is 8.98. The molecule has 1 aliphatic carbocycles. The molecule has 0 spiro atoms. The largest absolute Gasteiger partial charge is 0.481 e. The lowest BCUT2D eigenvalue weighted by Gasteiger charge is -2.38. The predicted octanol–water partition coefficient (Wildman–Crippen LogP) is 2.69. The van der Waals surface area contributed by atoms with Gasteiger partial charge in [-0.3, -0.25) is 9.59 Å². The van der Waals surface area contributed by atoms with Gasteiger partial charge in [-0.1, -0.05) is 6.08 Å². The van der Waals surface area contributed by atoms with E-state index in [4.69, 9.17) is 5.11 Å². The van der Waals surface area contributed by atoms with Crippen LogP contribution in [0.25, 0.3) is 0 Å². The first kappa shape index (κ1) is 15.7. The molecule has 108 valence electrons. The molecule has 0 aromatic heterocycles. The fourth-order valence-electron chi connectivity index (χ4n) is 2.63. The molecule has 1 N–H and O–H groups in total. The van der Waals surface area contributed by atoms with E-state index < -0.39 is 5.97 Å². The highest BCUT2D eigenvalue weighted by Gasteiger charge is 2.35. The Morgan fingerprint density at radius 2 is 1.68 bits per heavy atom. The summed E-state index contributed by atoms with van der Waals surface area (Å²) in [5.41, 5.74) is -0.227. The Bertz CT molecular complexity index is 349. The zero-order valence-electron chi connectivity index (χ0n) is 12.2. The van der Waals surface area contributed by atoms with Gasteiger partial charge in [0.15, 0.2) is 0 Å². The maximum Gasteiger partial charge on any atom is 0.306 e. The molecule has 0 aliphatic heterocycles. The minimum Gasteiger partial charge on any atom is -0.481 e. The number of hydrogen-bond acceptors (Lipinski definition) is 2. The lowest BCUT2D eigenvalue weighted by Crippen LogP contribution is -2.49. The van der Waals surface area contributed by atoms with Crippen molar-refractivity contribution in [2.45, 2.75) is 52.0 Å². The zero-order valence-corrected chi connectivity index (χ0v) is 12.2. The Morgan fingerprint density at radius 3 is 2.05 bits per heavy atom. The van der Waals surface area contributed by atoms with E-state index in [1.807, 2.05) is 25.7 Å². The van der Waals surface area contributed by atoms with E-state index in [-0.39, 0.29) is 23.3 Å². The molecular formula is C15H25NO3. The summed E-state index contributed by atoms with van der Waals surface area (Å²) < 4.78 is 0. The third-order valence-electron chi connectivity index (χ3n) is 3.81. The number of nitrogens with zero attached hydrogens (tertiary/aromatic N) is 1. The molecule has 1 rings (SSSR count). The third kappa shape index (κ3) is 4.08. The van der Waals surface area contributed by atoms with Gasteiger partial charge >= 0.3 is 5.97 Å². The second kappa shape index (κ2) is 6.22. The van der Waals surface area contributed by atoms with Crippen LogP contribution in [0.1, 0.15) is 46.5 Å². The molecule has 4 heteroatoms. The normalized spacial score (nSPS) is 23.7. The smallest absolute Gasteiger partial charge is 0.306 e. The minimum atomic E-state index is -0.732. The third-order valence-corrected chi connectivity index (χ3v) is 3.81. The maximum atomic E-state index is 12.5. The highest BCUT2D eigenvalue weighted by atomic mass is 16.4. The van der Waals surface area contributed by atoms with Gasteiger partial charge in [0.25, 0.3) is 0 Å². The number of carboxylic acids is 1. The van der Waals surface area contributed by atoms with Crippen LogP contribution in [0, 0.1) is 11.8 Å². The van der Waals surface area contributed by atoms with Gasteiger partial charge in [0.05, 0.1) is 5.92 Å². The fraction of sp³-hybridized carbons (Fsp3) is 0.733. The molecule has 0 aromatic rings. The Labute approximate surface area is 115 Å². The second-order valence-electron chi connectivity index (χ2n) is 6.30. The van der Waals surface area contributed by atoms with Crippen molar-refractivity contribution in [1.29, 1.82) is 0 Å². The Balaban J connectivity index is 2.67. The van der Waals surface area contributed by atoms with Crippen molar-refractivity contribution in [2.75, 3.05) is 6.54 Å². The van der Waals surface area contributed by atoms with Gasteiger partial charge in [0.1, 0.15) is 0 Å². The van der Waals surface area contributed by atoms with Crippen molar-refractivity contribution in [3.8, 4) is 0 Å². The maximum absolute atomic E-state index is 12.5. The summed E-state index contributed by atoms with van der Waals surface area (Å²) in [6, 6.07) is 0. The van der Waals surface area contributed by atoms with Crippen LogP contribution in [0.3, 0.4) is 0 Å². The van der Waals surface area contributed by atoms with Crippen LogP contribution < -0.4 is 0 Å². The number of rotatable bonds is 4. The number of carbonyl (C=O) groups is 2. The topological polar surface area (TPSA) is 57.6 Å². The van der Waals surface area contributed by atoms with E-state index in [0.29, 0.717) is 32.2 Å². The lowest BCUT2D eigenvalue weighted by molar-refractivity contribution is -0.147. The Morgan fingerprint density at radius 1 is 1.21 bits per heavy atom. The molecular weight excluding hydrogens is 242 g/mol. The molecule has 0 bridgehead atoms. The van der Waals surface area contributed by atoms with Crippen molar-refractivity contribution in [3.05, 3.63) is 12.7 Å². The van der Waals surface area contributed by atoms with Gasteiger partial charge in [-0.2, -0.15) is 0 Å². The number of amides is 1. The molecule has 19 heavy (non-hydrogen) atoms. The first-order valence-electron chi connectivity index (χ1n) is 6.92. The lowest BCUT2D eigenvalue weighted by atomic mass is 9.81. The van der Waals surface area contributed by atoms with Gasteiger partial charge < -0.3 is 10.0 Å². The van der Waals surface area contributed by atoms with Gasteiger partial charge in [0.2, 0.25) is 5.91 Å². The number of hydrogen-bond donors (Lipinski definition) is 1. The molecule has 1 amide bonds. The highest BCUT2D eigenvalue weighted by Crippen LogP contribution is 2.31. The van der Waals surface area contributed by atoms with Crippen LogP contribution in [0.4, 0.5) is 0 Å². The summed E-state index contributed by atoms with van der Waals surface area (Å²) in [4.78, 5) is 25.3. The van der Waals surface area contributed by atoms with E-state index in [0.717, 1.165) is 0 Å². The van der Waals surface area contributed by atoms with E-state index in [9.17, 15) is 9.59 Å². The van der Waals surface area contributed by atoms with E-state index >= 15 is 0 Å². The van der Waals surface area contributed by atoms with Gasteiger partial charge in [0, 0.05) is 18.0 Å². The molecule has 0 heterocycles. The first-order chi connectivity index (χ1) is 8.77. The predicted molar refractivity (Wildman–Crippen MR) is 74.7 cm³/mol. The SMILES string of the molecule is C=CCN(C(=O)C1CCC(C(=O)O)CC1)C(C)(C)C. The summed E-state index contributed by atoms with van der Waals surface area (Å²) in [5.74, 6) is -0.901. The summed E-state index contributed by atoms with van der Waals surface area (Å²) in [7, 11) is 0. The molecule has 4 nitrogen and oxygen atoms in total. The monoisotopic (exact) mass is 267 g/mol. The van der Waals surface area contributed by atoms with Crippen molar-refractivity contribution >= 4 is 11.9 Å². The van der Waals surface area contributed by atoms with Crippen LogP contribution in [0.15, 0.2) is 12.7 Å². The Hall–Kier alpha value is -1.32. The standard InChI is InChI=1S/C15H25NO3/c1-5-10-16(15(2,3)4)13(17)11-6-8-12(9-7-11)14(18)19/h5,11-12H,1,6-10H2,2-4H3,(H,18,19). The quantitative estimate of drug-likeness (QED) is 0.797. The average Bonchev–Trinajstić information content (AvgIpc) is 2.34. The van der Waals surface area contributed by atoms with Gasteiger partial charge in [-0.05, 0) is 46.5 Å². The van der Waals surface area contributed by atoms with Crippen LogP contribution in [0.2, 0.25) is 0 Å². The van der Waals surface area contributed by atoms with E-state index in [1.165, 1.54) is 0 Å². The van der Waals surface area contributed by atoms with E-state index in [1.54, 1.807) is 6.08 Å². The van der Waals surface area contributed by atoms with Crippen LogP contribution in [0.5, 0.6) is 0 Å². The summed E-state index contributed by atoms with van der Waals surface area (Å²) in [6.45, 7) is 10.3. The number of carbonyl (C=O) groups excluding carboxylic acids is 1. The Kier molecular flexibility index (Phi) is 5.15. The van der Waals surface area contributed by atoms with Crippen LogP contribution >= 0.6 is 0 Å². The summed E-state index contributed by atoms with van der Waals surface area (Å²) in [6.07, 6.45) is 4.32. The zero-order chi connectivity index (χ0) is 14.6. The fourth-order valence-corrected chi connectivity index (χ4v) is 2.63. The first-order valence-corrected chi connectivity index (χ1v) is 6.92. The molecule has 0 unspecified atom stereocenters. The highest BCUT2D eigenvalue weighted by molar-refractivity contribution is 5.80. The molecule has 0 saturated heterocycles. The molecule has 1 fully saturated rings. The number of aliphatic carboxylic acids is 1. The van der Waals surface area contributed by atoms with Crippen LogP contribution in [-0.4, -0.2) is 34.0 Å². The molecule has 0 aromatic carbocycles. The van der Waals surface area contributed by atoms with Gasteiger partial charge in [-0.25, -0.2) is 0 Å². The van der Waals surface area contributed by atoms with Gasteiger partial charge in [-0.15, -0.1) is 6.58 Å². The second-order valence-corrected chi connectivity index (χ2v) is 6.30. The molecule has 1 saturated carbocycles. The van der Waals surface area contributed by atoms with Crippen molar-refractivity contribution in [2.24, 2.45) is 11.8 Å².